The zero-order valence-electron chi connectivity index (χ0n) is 10.1. The summed E-state index contributed by atoms with van der Waals surface area (Å²) >= 11 is 0. The highest BCUT2D eigenvalue weighted by atomic mass is 16.4. The monoisotopic (exact) mass is 233 g/mol. The average molecular weight is 233 g/mol. The highest BCUT2D eigenvalue weighted by Crippen LogP contribution is 2.06. The van der Waals surface area contributed by atoms with Crippen molar-refractivity contribution in [3.8, 4) is 0 Å². The largest absolute Gasteiger partial charge is 0.481 e. The minimum Gasteiger partial charge on any atom is -0.481 e. The molecule has 1 aromatic carbocycles. The van der Waals surface area contributed by atoms with Crippen molar-refractivity contribution in [1.29, 1.82) is 0 Å². The van der Waals surface area contributed by atoms with Crippen LogP contribution in [0, 0.1) is 0 Å². The van der Waals surface area contributed by atoms with E-state index in [1.54, 1.807) is 0 Å². The lowest BCUT2D eigenvalue weighted by atomic mass is 10.1. The molecule has 0 fully saturated rings. The van der Waals surface area contributed by atoms with Crippen LogP contribution < -0.4 is 5.32 Å². The van der Waals surface area contributed by atoms with Gasteiger partial charge in [0.05, 0.1) is 6.42 Å². The molecule has 2 N–H and O–H groups in total. The first-order valence-corrected chi connectivity index (χ1v) is 5.75. The van der Waals surface area contributed by atoms with Crippen molar-refractivity contribution in [2.75, 3.05) is 0 Å². The number of carbonyl (C=O) groups is 1. The second kappa shape index (κ2) is 6.86. The second-order valence-corrected chi connectivity index (χ2v) is 4.19. The van der Waals surface area contributed by atoms with Crippen LogP contribution >= 0.6 is 0 Å². The van der Waals surface area contributed by atoms with Gasteiger partial charge in [0.25, 0.3) is 0 Å². The molecule has 0 radical (unpaired) electrons. The van der Waals surface area contributed by atoms with Crippen LogP contribution in [0.15, 0.2) is 36.9 Å². The Morgan fingerprint density at radius 3 is 2.53 bits per heavy atom. The van der Waals surface area contributed by atoms with E-state index in [0.29, 0.717) is 6.04 Å². The SMILES string of the molecule is C=CCC(C)NCc1ccc(CC(=O)O)cc1. The van der Waals surface area contributed by atoms with Crippen molar-refractivity contribution in [3.05, 3.63) is 48.0 Å². The van der Waals surface area contributed by atoms with Crippen LogP contribution in [0.25, 0.3) is 0 Å². The predicted molar refractivity (Wildman–Crippen MR) is 68.9 cm³/mol. The third kappa shape index (κ3) is 5.31. The molecule has 0 aliphatic carbocycles. The number of carboxylic acid groups (broad SMARTS) is 1. The van der Waals surface area contributed by atoms with Gasteiger partial charge in [-0.3, -0.25) is 4.79 Å². The maximum atomic E-state index is 10.5. The molecule has 0 bridgehead atoms. The molecule has 0 saturated heterocycles. The van der Waals surface area contributed by atoms with Gasteiger partial charge in [-0.25, -0.2) is 0 Å². The van der Waals surface area contributed by atoms with E-state index in [2.05, 4.69) is 18.8 Å². The van der Waals surface area contributed by atoms with E-state index < -0.39 is 5.97 Å². The lowest BCUT2D eigenvalue weighted by molar-refractivity contribution is -0.136. The van der Waals surface area contributed by atoms with Gasteiger partial charge in [-0.05, 0) is 24.5 Å². The molecule has 0 saturated carbocycles. The molecule has 1 rings (SSSR count). The van der Waals surface area contributed by atoms with E-state index in [1.807, 2.05) is 30.3 Å². The smallest absolute Gasteiger partial charge is 0.307 e. The van der Waals surface area contributed by atoms with Crippen LogP contribution in [0.1, 0.15) is 24.5 Å². The molecule has 0 amide bonds. The fraction of sp³-hybridized carbons (Fsp3) is 0.357. The number of hydrogen-bond acceptors (Lipinski definition) is 2. The molecule has 92 valence electrons. The lowest BCUT2D eigenvalue weighted by Crippen LogP contribution is -2.24. The number of hydrogen-bond donors (Lipinski definition) is 2. The summed E-state index contributed by atoms with van der Waals surface area (Å²) in [5.41, 5.74) is 2.00. The maximum Gasteiger partial charge on any atom is 0.307 e. The van der Waals surface area contributed by atoms with Crippen LogP contribution in [-0.2, 0) is 17.8 Å². The zero-order valence-corrected chi connectivity index (χ0v) is 10.1. The summed E-state index contributed by atoms with van der Waals surface area (Å²) in [6.07, 6.45) is 2.92. The number of aliphatic carboxylic acids is 1. The Morgan fingerprint density at radius 2 is 2.00 bits per heavy atom. The van der Waals surface area contributed by atoms with Crippen molar-refractivity contribution in [1.82, 2.24) is 5.32 Å². The molecule has 0 heterocycles. The minimum atomic E-state index is -0.796. The van der Waals surface area contributed by atoms with Crippen molar-refractivity contribution in [2.45, 2.75) is 32.4 Å². The van der Waals surface area contributed by atoms with E-state index in [9.17, 15) is 4.79 Å². The predicted octanol–water partition coefficient (Wildman–Crippen LogP) is 2.37. The lowest BCUT2D eigenvalue weighted by Gasteiger charge is -2.11. The maximum absolute atomic E-state index is 10.5. The Kier molecular flexibility index (Phi) is 5.43. The van der Waals surface area contributed by atoms with E-state index in [1.165, 1.54) is 0 Å². The molecule has 0 aliphatic rings. The van der Waals surface area contributed by atoms with Crippen LogP contribution in [0.4, 0.5) is 0 Å². The number of nitrogens with one attached hydrogen (secondary N) is 1. The van der Waals surface area contributed by atoms with Gasteiger partial charge in [0, 0.05) is 12.6 Å². The first-order chi connectivity index (χ1) is 8.11. The molecular formula is C14H19NO2. The third-order valence-electron chi connectivity index (χ3n) is 2.55. The van der Waals surface area contributed by atoms with Gasteiger partial charge in [-0.2, -0.15) is 0 Å². The second-order valence-electron chi connectivity index (χ2n) is 4.19. The molecular weight excluding hydrogens is 214 g/mol. The minimum absolute atomic E-state index is 0.0839. The Balaban J connectivity index is 2.45. The van der Waals surface area contributed by atoms with Gasteiger partial charge in [0.2, 0.25) is 0 Å². The molecule has 1 unspecified atom stereocenters. The molecule has 3 nitrogen and oxygen atoms in total. The molecule has 3 heteroatoms. The van der Waals surface area contributed by atoms with Crippen molar-refractivity contribution in [3.63, 3.8) is 0 Å². The van der Waals surface area contributed by atoms with Gasteiger partial charge in [-0.15, -0.1) is 6.58 Å². The normalized spacial score (nSPS) is 12.1. The summed E-state index contributed by atoms with van der Waals surface area (Å²) in [4.78, 5) is 10.5. The zero-order chi connectivity index (χ0) is 12.7. The number of benzene rings is 1. The Morgan fingerprint density at radius 1 is 1.41 bits per heavy atom. The van der Waals surface area contributed by atoms with Gasteiger partial charge >= 0.3 is 5.97 Å². The van der Waals surface area contributed by atoms with Crippen molar-refractivity contribution >= 4 is 5.97 Å². The Hall–Kier alpha value is -1.61. The van der Waals surface area contributed by atoms with E-state index in [4.69, 9.17) is 5.11 Å². The molecule has 17 heavy (non-hydrogen) atoms. The highest BCUT2D eigenvalue weighted by Gasteiger charge is 2.01. The Labute approximate surface area is 102 Å². The van der Waals surface area contributed by atoms with Crippen molar-refractivity contribution in [2.24, 2.45) is 0 Å². The van der Waals surface area contributed by atoms with Crippen LogP contribution in [0.5, 0.6) is 0 Å². The fourth-order valence-electron chi connectivity index (χ4n) is 1.58. The summed E-state index contributed by atoms with van der Waals surface area (Å²) in [7, 11) is 0. The number of rotatable bonds is 7. The molecule has 0 spiro atoms. The number of carboxylic acids is 1. The quantitative estimate of drug-likeness (QED) is 0.711. The van der Waals surface area contributed by atoms with Crippen molar-refractivity contribution < 1.29 is 9.90 Å². The van der Waals surface area contributed by atoms with E-state index >= 15 is 0 Å². The van der Waals surface area contributed by atoms with Gasteiger partial charge in [-0.1, -0.05) is 30.3 Å². The summed E-state index contributed by atoms with van der Waals surface area (Å²) in [6.45, 7) is 6.60. The topological polar surface area (TPSA) is 49.3 Å². The first-order valence-electron chi connectivity index (χ1n) is 5.75. The molecule has 0 aromatic heterocycles. The first kappa shape index (κ1) is 13.5. The van der Waals surface area contributed by atoms with Gasteiger partial charge in [0.1, 0.15) is 0 Å². The highest BCUT2D eigenvalue weighted by molar-refractivity contribution is 5.70. The van der Waals surface area contributed by atoms with Crippen LogP contribution in [0.3, 0.4) is 0 Å². The van der Waals surface area contributed by atoms with Crippen LogP contribution in [-0.4, -0.2) is 17.1 Å². The van der Waals surface area contributed by atoms with Gasteiger partial charge < -0.3 is 10.4 Å². The average Bonchev–Trinajstić information content (AvgIpc) is 2.28. The molecule has 1 aromatic rings. The standard InChI is InChI=1S/C14H19NO2/c1-3-4-11(2)15-10-13-7-5-12(6-8-13)9-14(16)17/h3,5-8,11,15H,1,4,9-10H2,2H3,(H,16,17). The fourth-order valence-corrected chi connectivity index (χ4v) is 1.58. The van der Waals surface area contributed by atoms with Crippen LogP contribution in [0.2, 0.25) is 0 Å². The summed E-state index contributed by atoms with van der Waals surface area (Å²) < 4.78 is 0. The molecule has 1 atom stereocenters. The third-order valence-corrected chi connectivity index (χ3v) is 2.55. The Bertz CT molecular complexity index is 370. The van der Waals surface area contributed by atoms with Gasteiger partial charge in [0.15, 0.2) is 0 Å². The molecule has 0 aliphatic heterocycles. The summed E-state index contributed by atoms with van der Waals surface area (Å²) in [5, 5.41) is 12.0. The van der Waals surface area contributed by atoms with E-state index in [-0.39, 0.29) is 6.42 Å². The summed E-state index contributed by atoms with van der Waals surface area (Å²) in [6, 6.07) is 8.07. The summed E-state index contributed by atoms with van der Waals surface area (Å²) in [5.74, 6) is -0.796. The van der Waals surface area contributed by atoms with E-state index in [0.717, 1.165) is 24.1 Å².